The first kappa shape index (κ1) is 17.7. The third-order valence-electron chi connectivity index (χ3n) is 4.21. The van der Waals surface area contributed by atoms with Crippen LogP contribution in [-0.4, -0.2) is 15.9 Å². The predicted molar refractivity (Wildman–Crippen MR) is 111 cm³/mol. The van der Waals surface area contributed by atoms with Crippen molar-refractivity contribution < 1.29 is 9.21 Å². The van der Waals surface area contributed by atoms with Crippen LogP contribution in [0, 0.1) is 0 Å². The van der Waals surface area contributed by atoms with Crippen LogP contribution in [0.15, 0.2) is 77.3 Å². The van der Waals surface area contributed by atoms with Gasteiger partial charge in [0.2, 0.25) is 5.91 Å². The van der Waals surface area contributed by atoms with E-state index in [1.807, 2.05) is 78.9 Å². The van der Waals surface area contributed by atoms with Crippen LogP contribution in [0.3, 0.4) is 0 Å². The number of hydrogen-bond donors (Lipinski definition) is 1. The van der Waals surface area contributed by atoms with Crippen molar-refractivity contribution in [2.75, 3.05) is 5.32 Å². The zero-order valence-electron chi connectivity index (χ0n) is 15.2. The summed E-state index contributed by atoms with van der Waals surface area (Å²) >= 11 is 0. The molecule has 0 saturated carbocycles. The van der Waals surface area contributed by atoms with Crippen LogP contribution >= 0.6 is 0 Å². The molecule has 2 heterocycles. The highest BCUT2D eigenvalue weighted by Gasteiger charge is 2.08. The van der Waals surface area contributed by atoms with Crippen molar-refractivity contribution in [3.8, 4) is 0 Å². The SMILES string of the molecule is O=C(CCc1nc2ccccc2o1)Nc1cccc(C=Cc2ccccn2)c1. The molecule has 5 heteroatoms. The minimum Gasteiger partial charge on any atom is -0.441 e. The molecule has 4 aromatic rings. The van der Waals surface area contributed by atoms with Gasteiger partial charge in [0, 0.05) is 24.7 Å². The molecule has 0 spiro atoms. The molecule has 28 heavy (non-hydrogen) atoms. The number of aryl methyl sites for hydroxylation is 1. The Hall–Kier alpha value is -3.73. The first-order valence-electron chi connectivity index (χ1n) is 9.10. The van der Waals surface area contributed by atoms with Gasteiger partial charge in [-0.2, -0.15) is 0 Å². The minimum atomic E-state index is -0.0758. The number of pyridine rings is 1. The summed E-state index contributed by atoms with van der Waals surface area (Å²) in [6, 6.07) is 21.0. The highest BCUT2D eigenvalue weighted by molar-refractivity contribution is 5.91. The average molecular weight is 369 g/mol. The van der Waals surface area contributed by atoms with Gasteiger partial charge in [0.25, 0.3) is 0 Å². The molecule has 138 valence electrons. The van der Waals surface area contributed by atoms with E-state index in [1.54, 1.807) is 6.20 Å². The largest absolute Gasteiger partial charge is 0.441 e. The third-order valence-corrected chi connectivity index (χ3v) is 4.21. The van der Waals surface area contributed by atoms with Gasteiger partial charge >= 0.3 is 0 Å². The molecule has 0 aliphatic carbocycles. The number of para-hydroxylation sites is 2. The first-order valence-corrected chi connectivity index (χ1v) is 9.10. The number of oxazole rings is 1. The van der Waals surface area contributed by atoms with E-state index in [4.69, 9.17) is 4.42 Å². The molecule has 0 aliphatic heterocycles. The van der Waals surface area contributed by atoms with Crippen LogP contribution < -0.4 is 5.32 Å². The summed E-state index contributed by atoms with van der Waals surface area (Å²) < 4.78 is 5.66. The number of amides is 1. The summed E-state index contributed by atoms with van der Waals surface area (Å²) in [6.45, 7) is 0. The van der Waals surface area contributed by atoms with Gasteiger partial charge in [-0.3, -0.25) is 9.78 Å². The lowest BCUT2D eigenvalue weighted by molar-refractivity contribution is -0.116. The molecule has 1 N–H and O–H groups in total. The number of rotatable bonds is 6. The highest BCUT2D eigenvalue weighted by atomic mass is 16.3. The predicted octanol–water partition coefficient (Wildman–Crippen LogP) is 4.96. The molecule has 2 aromatic heterocycles. The fourth-order valence-electron chi connectivity index (χ4n) is 2.85. The Balaban J connectivity index is 1.35. The summed E-state index contributed by atoms with van der Waals surface area (Å²) in [5, 5.41) is 2.93. The maximum Gasteiger partial charge on any atom is 0.224 e. The number of carbonyl (C=O) groups is 1. The number of carbonyl (C=O) groups excluding carboxylic acids is 1. The Morgan fingerprint density at radius 2 is 1.89 bits per heavy atom. The number of benzene rings is 2. The van der Waals surface area contributed by atoms with E-state index >= 15 is 0 Å². The van der Waals surface area contributed by atoms with E-state index < -0.39 is 0 Å². The van der Waals surface area contributed by atoms with Gasteiger partial charge in [-0.1, -0.05) is 36.4 Å². The Kier molecular flexibility index (Phi) is 5.24. The Morgan fingerprint density at radius 1 is 1.00 bits per heavy atom. The standard InChI is InChI=1S/C23H19N3O2/c27-22(13-14-23-26-20-9-1-2-10-21(20)28-23)25-19-8-5-6-17(16-19)11-12-18-7-3-4-15-24-18/h1-12,15-16H,13-14H2,(H,25,27). The van der Waals surface area contributed by atoms with Crippen molar-refractivity contribution in [1.29, 1.82) is 0 Å². The highest BCUT2D eigenvalue weighted by Crippen LogP contribution is 2.17. The first-order chi connectivity index (χ1) is 13.8. The number of aromatic nitrogens is 2. The molecule has 0 radical (unpaired) electrons. The molecule has 5 nitrogen and oxygen atoms in total. The lowest BCUT2D eigenvalue weighted by atomic mass is 10.1. The van der Waals surface area contributed by atoms with E-state index in [0.29, 0.717) is 18.7 Å². The van der Waals surface area contributed by atoms with Gasteiger partial charge in [-0.05, 0) is 48.0 Å². The van der Waals surface area contributed by atoms with Crippen LogP contribution in [0.5, 0.6) is 0 Å². The number of fused-ring (bicyclic) bond motifs is 1. The quantitative estimate of drug-likeness (QED) is 0.521. The summed E-state index contributed by atoms with van der Waals surface area (Å²) in [6.07, 6.45) is 6.43. The van der Waals surface area contributed by atoms with Crippen LogP contribution in [0.1, 0.15) is 23.6 Å². The number of nitrogens with zero attached hydrogens (tertiary/aromatic N) is 2. The minimum absolute atomic E-state index is 0.0758. The molecule has 0 atom stereocenters. The topological polar surface area (TPSA) is 68.0 Å². The van der Waals surface area contributed by atoms with Crippen molar-refractivity contribution in [3.05, 3.63) is 90.1 Å². The van der Waals surface area contributed by atoms with Gasteiger partial charge in [-0.15, -0.1) is 0 Å². The van der Waals surface area contributed by atoms with Gasteiger partial charge in [0.15, 0.2) is 11.5 Å². The number of anilines is 1. The van der Waals surface area contributed by atoms with Crippen LogP contribution in [-0.2, 0) is 11.2 Å². The summed E-state index contributed by atoms with van der Waals surface area (Å²) in [5.74, 6) is 0.497. The van der Waals surface area contributed by atoms with E-state index in [0.717, 1.165) is 28.0 Å². The van der Waals surface area contributed by atoms with Crippen LogP contribution in [0.4, 0.5) is 5.69 Å². The molecular formula is C23H19N3O2. The monoisotopic (exact) mass is 369 g/mol. The second-order valence-electron chi connectivity index (χ2n) is 6.34. The normalized spacial score (nSPS) is 11.1. The Bertz CT molecular complexity index is 1080. The van der Waals surface area contributed by atoms with Crippen LogP contribution in [0.25, 0.3) is 23.3 Å². The fourth-order valence-corrected chi connectivity index (χ4v) is 2.85. The number of hydrogen-bond acceptors (Lipinski definition) is 4. The average Bonchev–Trinajstić information content (AvgIpc) is 3.15. The number of nitrogens with one attached hydrogen (secondary N) is 1. The molecule has 0 aliphatic rings. The van der Waals surface area contributed by atoms with Gasteiger partial charge in [0.05, 0.1) is 5.69 Å². The van der Waals surface area contributed by atoms with Crippen molar-refractivity contribution in [2.45, 2.75) is 12.8 Å². The van der Waals surface area contributed by atoms with Crippen molar-refractivity contribution in [1.82, 2.24) is 9.97 Å². The summed E-state index contributed by atoms with van der Waals surface area (Å²) in [5.41, 5.74) is 4.18. The molecule has 4 rings (SSSR count). The van der Waals surface area contributed by atoms with Gasteiger partial charge < -0.3 is 9.73 Å². The molecule has 2 aromatic carbocycles. The summed E-state index contributed by atoms with van der Waals surface area (Å²) in [7, 11) is 0. The molecule has 1 amide bonds. The second kappa shape index (κ2) is 8.31. The van der Waals surface area contributed by atoms with E-state index in [-0.39, 0.29) is 5.91 Å². The Morgan fingerprint density at radius 3 is 2.75 bits per heavy atom. The molecule has 0 unspecified atom stereocenters. The lowest BCUT2D eigenvalue weighted by Gasteiger charge is -2.05. The fraction of sp³-hybridized carbons (Fsp3) is 0.0870. The molecule has 0 saturated heterocycles. The van der Waals surface area contributed by atoms with Crippen molar-refractivity contribution >= 4 is 34.8 Å². The smallest absolute Gasteiger partial charge is 0.224 e. The van der Waals surface area contributed by atoms with Crippen molar-refractivity contribution in [2.24, 2.45) is 0 Å². The lowest BCUT2D eigenvalue weighted by Crippen LogP contribution is -2.12. The van der Waals surface area contributed by atoms with Crippen molar-refractivity contribution in [3.63, 3.8) is 0 Å². The molecular weight excluding hydrogens is 350 g/mol. The van der Waals surface area contributed by atoms with E-state index in [9.17, 15) is 4.79 Å². The summed E-state index contributed by atoms with van der Waals surface area (Å²) in [4.78, 5) is 20.9. The van der Waals surface area contributed by atoms with E-state index in [2.05, 4.69) is 15.3 Å². The maximum absolute atomic E-state index is 12.3. The zero-order valence-corrected chi connectivity index (χ0v) is 15.2. The van der Waals surface area contributed by atoms with Gasteiger partial charge in [-0.25, -0.2) is 4.98 Å². The Labute approximate surface area is 162 Å². The molecule has 0 bridgehead atoms. The molecule has 0 fully saturated rings. The second-order valence-corrected chi connectivity index (χ2v) is 6.34. The van der Waals surface area contributed by atoms with Crippen LogP contribution in [0.2, 0.25) is 0 Å². The van der Waals surface area contributed by atoms with Gasteiger partial charge in [0.1, 0.15) is 5.52 Å². The maximum atomic E-state index is 12.3. The zero-order chi connectivity index (χ0) is 19.2. The van der Waals surface area contributed by atoms with E-state index in [1.165, 1.54) is 0 Å². The third kappa shape index (κ3) is 4.51.